The number of rotatable bonds is 0. The molecule has 4 heteroatoms. The standard InChI is InChI=1S/C2H4O2.CH2F.Fe/c1-2(3)4;1-2;/h1H3,(H,3,4);1H2;/q;;+1/p-1. The van der Waals surface area contributed by atoms with E-state index in [9.17, 15) is 4.39 Å². The van der Waals surface area contributed by atoms with E-state index in [0.29, 0.717) is 0 Å². The molecule has 0 N–H and O–H groups in total. The Morgan fingerprint density at radius 3 is 2.00 bits per heavy atom. The third-order valence-electron chi connectivity index (χ3n) is 0. The van der Waals surface area contributed by atoms with Gasteiger partial charge in [-0.1, -0.05) is 0 Å². The molecule has 44 valence electrons. The molecule has 0 aromatic rings. The molecule has 0 saturated heterocycles. The molecule has 0 aliphatic rings. The first-order valence-electron chi connectivity index (χ1n) is 1.43. The number of carbonyl (C=O) groups excluding carboxylic acids is 1. The van der Waals surface area contributed by atoms with Crippen LogP contribution in [0.4, 0.5) is 4.39 Å². The topological polar surface area (TPSA) is 40.1 Å². The van der Waals surface area contributed by atoms with E-state index in [-0.39, 0.29) is 0 Å². The number of carboxylic acids is 1. The van der Waals surface area contributed by atoms with Crippen LogP contribution in [0.15, 0.2) is 0 Å². The third-order valence-corrected chi connectivity index (χ3v) is 0. The van der Waals surface area contributed by atoms with Crippen LogP contribution in [0.1, 0.15) is 6.92 Å². The number of halogens is 1. The monoisotopic (exact) mass is 148 g/mol. The Balaban J connectivity index is 0. The van der Waals surface area contributed by atoms with Crippen molar-refractivity contribution in [1.29, 1.82) is 0 Å². The van der Waals surface area contributed by atoms with Crippen LogP contribution in [0.3, 0.4) is 0 Å². The van der Waals surface area contributed by atoms with Crippen molar-refractivity contribution in [3.05, 3.63) is 0 Å². The summed E-state index contributed by atoms with van der Waals surface area (Å²) in [5, 5.41) is 8.89. The second-order valence-corrected chi connectivity index (χ2v) is 0.881. The van der Waals surface area contributed by atoms with Crippen molar-refractivity contribution < 1.29 is 30.3 Å². The number of hydrogen-bond acceptors (Lipinski definition) is 2. The van der Waals surface area contributed by atoms with E-state index in [2.05, 4.69) is 16.0 Å². The Labute approximate surface area is 49.5 Å². The zero-order valence-corrected chi connectivity index (χ0v) is 4.86. The van der Waals surface area contributed by atoms with Gasteiger partial charge in [0, 0.05) is 5.97 Å². The predicted octanol–water partition coefficient (Wildman–Crippen LogP) is -0.784. The van der Waals surface area contributed by atoms with Gasteiger partial charge in [-0.15, -0.1) is 0 Å². The van der Waals surface area contributed by atoms with Crippen LogP contribution in [0.25, 0.3) is 0 Å². The molecule has 0 unspecified atom stereocenters. The summed E-state index contributed by atoms with van der Waals surface area (Å²) in [6.45, 7) is 0.972. The summed E-state index contributed by atoms with van der Waals surface area (Å²) in [5.74, 6) is -1.08. The normalized spacial score (nSPS) is 6.14. The van der Waals surface area contributed by atoms with Crippen LogP contribution in [0, 0.1) is 0 Å². The molecule has 0 rings (SSSR count). The van der Waals surface area contributed by atoms with Gasteiger partial charge in [0.2, 0.25) is 0 Å². The van der Waals surface area contributed by atoms with Crippen LogP contribution >= 0.6 is 0 Å². The van der Waals surface area contributed by atoms with Gasteiger partial charge in [0.1, 0.15) is 0 Å². The van der Waals surface area contributed by atoms with Gasteiger partial charge in [0.05, 0.1) is 0 Å². The van der Waals surface area contributed by atoms with E-state index < -0.39 is 11.5 Å². The van der Waals surface area contributed by atoms with E-state index in [1.807, 2.05) is 0 Å². The number of alkyl halides is 1. The van der Waals surface area contributed by atoms with E-state index >= 15 is 0 Å². The van der Waals surface area contributed by atoms with Crippen molar-refractivity contribution in [3.8, 4) is 0 Å². The van der Waals surface area contributed by atoms with Gasteiger partial charge in [0.15, 0.2) is 0 Å². The second kappa shape index (κ2) is 9.33. The molecule has 0 aromatic heterocycles. The Bertz CT molecular complexity index is 44.2. The summed E-state index contributed by atoms with van der Waals surface area (Å²) >= 11 is 2.82. The van der Waals surface area contributed by atoms with Crippen molar-refractivity contribution in [2.75, 3.05) is 5.57 Å². The second-order valence-electron chi connectivity index (χ2n) is 0.586. The van der Waals surface area contributed by atoms with Crippen molar-refractivity contribution in [2.45, 2.75) is 6.92 Å². The van der Waals surface area contributed by atoms with Gasteiger partial charge in [0.25, 0.3) is 0 Å². The fourth-order valence-electron chi connectivity index (χ4n) is 0. The molecule has 2 nitrogen and oxygen atoms in total. The molecular weight excluding hydrogens is 143 g/mol. The predicted molar refractivity (Wildman–Crippen MR) is 16.7 cm³/mol. The summed E-state index contributed by atoms with van der Waals surface area (Å²) in [6, 6.07) is 0. The molecular formula is C3H5FFeO2. The Morgan fingerprint density at radius 1 is 2.00 bits per heavy atom. The molecule has 7 heavy (non-hydrogen) atoms. The first-order chi connectivity index (χ1) is 3.15. The third kappa shape index (κ3) is 14000. The van der Waals surface area contributed by atoms with E-state index in [4.69, 9.17) is 9.90 Å². The van der Waals surface area contributed by atoms with Crippen LogP contribution in [0.2, 0.25) is 0 Å². The maximum absolute atomic E-state index is 10.2. The van der Waals surface area contributed by atoms with Crippen LogP contribution in [-0.4, -0.2) is 11.5 Å². The minimum atomic E-state index is -1.08. The van der Waals surface area contributed by atoms with Crippen molar-refractivity contribution in [2.24, 2.45) is 0 Å². The minimum absolute atomic E-state index is 0.500. The molecule has 0 atom stereocenters. The van der Waals surface area contributed by atoms with E-state index in [1.165, 1.54) is 0 Å². The van der Waals surface area contributed by atoms with E-state index in [1.54, 1.807) is 0 Å². The zero-order chi connectivity index (χ0) is 6.28. The summed E-state index contributed by atoms with van der Waals surface area (Å²) in [7, 11) is 0. The fraction of sp³-hybridized carbons (Fsp3) is 0.667. The molecule has 0 amide bonds. The first-order valence-corrected chi connectivity index (χ1v) is 2.21. The Hall–Kier alpha value is -0.0805. The molecule has 0 saturated carbocycles. The van der Waals surface area contributed by atoms with Gasteiger partial charge >= 0.3 is 26.0 Å². The quantitative estimate of drug-likeness (QED) is 0.422. The molecule has 0 spiro atoms. The van der Waals surface area contributed by atoms with Gasteiger partial charge in [-0.05, 0) is 6.92 Å². The van der Waals surface area contributed by atoms with Gasteiger partial charge in [-0.2, -0.15) is 0 Å². The molecule has 0 bridgehead atoms. The summed E-state index contributed by atoms with van der Waals surface area (Å²) in [4.78, 5) is 8.89. The van der Waals surface area contributed by atoms with Crippen molar-refractivity contribution >= 4 is 5.97 Å². The summed E-state index contributed by atoms with van der Waals surface area (Å²) in [6.07, 6.45) is 0. The molecule has 0 aliphatic carbocycles. The zero-order valence-electron chi connectivity index (χ0n) is 3.76. The average Bonchev–Trinajstić information content (AvgIpc) is 1.33. The molecule has 0 aromatic carbocycles. The Morgan fingerprint density at radius 2 is 2.00 bits per heavy atom. The van der Waals surface area contributed by atoms with Crippen LogP contribution in [-0.2, 0) is 20.8 Å². The number of aliphatic carboxylic acids is 1. The Kier molecular flexibility index (Phi) is 13.3. The van der Waals surface area contributed by atoms with Crippen LogP contribution in [0.5, 0.6) is 0 Å². The number of hydrogen-bond donors (Lipinski definition) is 0. The van der Waals surface area contributed by atoms with E-state index in [0.717, 1.165) is 6.92 Å². The van der Waals surface area contributed by atoms with Gasteiger partial charge in [-0.3, -0.25) is 0 Å². The number of carbonyl (C=O) groups is 1. The maximum atomic E-state index is 10.2. The van der Waals surface area contributed by atoms with Crippen molar-refractivity contribution in [1.82, 2.24) is 0 Å². The average molecular weight is 148 g/mol. The summed E-state index contributed by atoms with van der Waals surface area (Å²) < 4.78 is 10.2. The summed E-state index contributed by atoms with van der Waals surface area (Å²) in [5.41, 5.74) is -0.500. The van der Waals surface area contributed by atoms with Gasteiger partial charge < -0.3 is 9.90 Å². The number of carboxylic acid groups (broad SMARTS) is 1. The van der Waals surface area contributed by atoms with Crippen molar-refractivity contribution in [3.63, 3.8) is 0 Å². The molecule has 0 heterocycles. The fourth-order valence-corrected chi connectivity index (χ4v) is 0. The molecule has 0 aliphatic heterocycles. The van der Waals surface area contributed by atoms with Gasteiger partial charge in [-0.25, -0.2) is 0 Å². The SMILES string of the molecule is CC(=O)[O-].F[CH2][Fe+]. The van der Waals surface area contributed by atoms with Crippen LogP contribution < -0.4 is 5.11 Å². The molecule has 0 radical (unpaired) electrons. The molecule has 0 fully saturated rings. The first kappa shape index (κ1) is 10.0.